The van der Waals surface area contributed by atoms with E-state index in [2.05, 4.69) is 64.5 Å². The number of para-hydroxylation sites is 1. The van der Waals surface area contributed by atoms with E-state index in [1.165, 1.54) is 10.9 Å². The summed E-state index contributed by atoms with van der Waals surface area (Å²) in [5.74, 6) is 0.913. The molecule has 1 N–H and O–H groups in total. The zero-order valence-corrected chi connectivity index (χ0v) is 17.1. The van der Waals surface area contributed by atoms with E-state index in [9.17, 15) is 4.79 Å². The molecule has 5 rings (SSSR count). The second-order valence-electron chi connectivity index (χ2n) is 7.84. The quantitative estimate of drug-likeness (QED) is 0.482. The molecule has 1 aliphatic heterocycles. The number of nitrogens with one attached hydrogen (secondary N) is 1. The number of aromatic amines is 1. The molecule has 5 heteroatoms. The maximum Gasteiger partial charge on any atom is 0.309 e. The predicted molar refractivity (Wildman–Crippen MR) is 121 cm³/mol. The number of aromatic nitrogens is 2. The third-order valence-corrected chi connectivity index (χ3v) is 6.01. The van der Waals surface area contributed by atoms with Crippen LogP contribution in [0.15, 0.2) is 60.8 Å². The van der Waals surface area contributed by atoms with E-state index < -0.39 is 0 Å². The molecule has 152 valence electrons. The first-order chi connectivity index (χ1) is 14.7. The molecule has 3 heterocycles. The number of anilines is 1. The molecule has 30 heavy (non-hydrogen) atoms. The van der Waals surface area contributed by atoms with Gasteiger partial charge in [-0.3, -0.25) is 4.79 Å². The molecule has 0 aliphatic carbocycles. The SMILES string of the molecule is CCOC(=O)C1CCN(c2ccc3cccc(-c4ccc5[nH]ccc5c4)c3n2)CC1. The van der Waals surface area contributed by atoms with Crippen molar-refractivity contribution in [2.75, 3.05) is 24.6 Å². The lowest BCUT2D eigenvalue weighted by molar-refractivity contribution is -0.148. The largest absolute Gasteiger partial charge is 0.466 e. The Morgan fingerprint density at radius 1 is 1.10 bits per heavy atom. The van der Waals surface area contributed by atoms with E-state index in [0.29, 0.717) is 6.61 Å². The van der Waals surface area contributed by atoms with Crippen molar-refractivity contribution < 1.29 is 9.53 Å². The summed E-state index contributed by atoms with van der Waals surface area (Å²) >= 11 is 0. The van der Waals surface area contributed by atoms with Crippen molar-refractivity contribution in [3.8, 4) is 11.1 Å². The molecule has 0 radical (unpaired) electrons. The van der Waals surface area contributed by atoms with Crippen LogP contribution in [0.25, 0.3) is 32.9 Å². The van der Waals surface area contributed by atoms with Gasteiger partial charge in [0.1, 0.15) is 5.82 Å². The first-order valence-electron chi connectivity index (χ1n) is 10.6. The number of hydrogen-bond donors (Lipinski definition) is 1. The van der Waals surface area contributed by atoms with Crippen LogP contribution in [0, 0.1) is 5.92 Å². The van der Waals surface area contributed by atoms with E-state index in [0.717, 1.165) is 53.7 Å². The van der Waals surface area contributed by atoms with Crippen molar-refractivity contribution in [1.82, 2.24) is 9.97 Å². The maximum absolute atomic E-state index is 12.0. The van der Waals surface area contributed by atoms with Gasteiger partial charge in [0.2, 0.25) is 0 Å². The standard InChI is InChI=1S/C25H25N3O2/c1-2-30-25(29)18-11-14-28(15-12-18)23-9-7-17-4-3-5-21(24(17)27-23)19-6-8-22-20(16-19)10-13-26-22/h3-10,13,16,18,26H,2,11-12,14-15H2,1H3. The van der Waals surface area contributed by atoms with Crippen LogP contribution in [0.5, 0.6) is 0 Å². The first kappa shape index (κ1) is 18.7. The van der Waals surface area contributed by atoms with E-state index in [-0.39, 0.29) is 11.9 Å². The average molecular weight is 399 g/mol. The lowest BCUT2D eigenvalue weighted by Gasteiger charge is -2.31. The third-order valence-electron chi connectivity index (χ3n) is 6.01. The van der Waals surface area contributed by atoms with Gasteiger partial charge >= 0.3 is 5.97 Å². The Morgan fingerprint density at radius 3 is 2.80 bits per heavy atom. The Kier molecular flexibility index (Phi) is 4.87. The van der Waals surface area contributed by atoms with Crippen LogP contribution >= 0.6 is 0 Å². The van der Waals surface area contributed by atoms with Crippen molar-refractivity contribution in [1.29, 1.82) is 0 Å². The van der Waals surface area contributed by atoms with Crippen LogP contribution in [-0.2, 0) is 9.53 Å². The van der Waals surface area contributed by atoms with Crippen LogP contribution in [0.2, 0.25) is 0 Å². The summed E-state index contributed by atoms with van der Waals surface area (Å²) in [6.45, 7) is 3.94. The van der Waals surface area contributed by atoms with Crippen LogP contribution in [0.1, 0.15) is 19.8 Å². The van der Waals surface area contributed by atoms with E-state index in [4.69, 9.17) is 9.72 Å². The second kappa shape index (κ2) is 7.82. The number of ether oxygens (including phenoxy) is 1. The highest BCUT2D eigenvalue weighted by molar-refractivity contribution is 5.97. The van der Waals surface area contributed by atoms with Gasteiger partial charge in [0, 0.05) is 35.8 Å². The van der Waals surface area contributed by atoms with Crippen molar-refractivity contribution in [3.63, 3.8) is 0 Å². The molecule has 0 bridgehead atoms. The lowest BCUT2D eigenvalue weighted by atomic mass is 9.97. The topological polar surface area (TPSA) is 58.2 Å². The minimum absolute atomic E-state index is 0.00490. The van der Waals surface area contributed by atoms with Crippen LogP contribution < -0.4 is 4.90 Å². The number of H-pyrrole nitrogens is 1. The summed E-state index contributed by atoms with van der Waals surface area (Å²) in [6, 6.07) is 19.1. The average Bonchev–Trinajstić information content (AvgIpc) is 3.26. The Balaban J connectivity index is 1.46. The molecular weight excluding hydrogens is 374 g/mol. The summed E-state index contributed by atoms with van der Waals surface area (Å²) in [5.41, 5.74) is 4.45. The molecule has 0 atom stereocenters. The molecule has 0 unspecified atom stereocenters. The molecule has 0 amide bonds. The maximum atomic E-state index is 12.0. The molecule has 0 saturated carbocycles. The highest BCUT2D eigenvalue weighted by atomic mass is 16.5. The second-order valence-corrected chi connectivity index (χ2v) is 7.84. The fraction of sp³-hybridized carbons (Fsp3) is 0.280. The van der Waals surface area contributed by atoms with Crippen molar-refractivity contribution in [2.45, 2.75) is 19.8 Å². The van der Waals surface area contributed by atoms with Gasteiger partial charge < -0.3 is 14.6 Å². The van der Waals surface area contributed by atoms with Gasteiger partial charge in [-0.2, -0.15) is 0 Å². The number of esters is 1. The summed E-state index contributed by atoms with van der Waals surface area (Å²) < 4.78 is 5.19. The normalized spacial score (nSPS) is 15.0. The van der Waals surface area contributed by atoms with Gasteiger partial charge in [0.05, 0.1) is 18.0 Å². The number of nitrogens with zero attached hydrogens (tertiary/aromatic N) is 2. The number of hydrogen-bond acceptors (Lipinski definition) is 4. The summed E-state index contributed by atoms with van der Waals surface area (Å²) in [5, 5.41) is 2.33. The Labute approximate surface area is 175 Å². The number of pyridine rings is 1. The minimum Gasteiger partial charge on any atom is -0.466 e. The number of rotatable bonds is 4. The molecule has 1 fully saturated rings. The Morgan fingerprint density at radius 2 is 1.97 bits per heavy atom. The molecule has 4 aromatic rings. The zero-order chi connectivity index (χ0) is 20.5. The molecule has 1 saturated heterocycles. The van der Waals surface area contributed by atoms with Crippen molar-refractivity contribution in [2.24, 2.45) is 5.92 Å². The number of piperidine rings is 1. The monoisotopic (exact) mass is 399 g/mol. The third kappa shape index (κ3) is 3.41. The van der Waals surface area contributed by atoms with Gasteiger partial charge in [0.25, 0.3) is 0 Å². The smallest absolute Gasteiger partial charge is 0.309 e. The molecule has 2 aromatic heterocycles. The van der Waals surface area contributed by atoms with Gasteiger partial charge in [0.15, 0.2) is 0 Å². The van der Waals surface area contributed by atoms with Crippen LogP contribution in [0.3, 0.4) is 0 Å². The Hall–Kier alpha value is -3.34. The molecule has 5 nitrogen and oxygen atoms in total. The summed E-state index contributed by atoms with van der Waals surface area (Å²) in [4.78, 5) is 22.6. The number of carbonyl (C=O) groups is 1. The van der Waals surface area contributed by atoms with E-state index in [1.807, 2.05) is 13.1 Å². The highest BCUT2D eigenvalue weighted by Gasteiger charge is 2.26. The highest BCUT2D eigenvalue weighted by Crippen LogP contribution is 2.32. The summed E-state index contributed by atoms with van der Waals surface area (Å²) in [7, 11) is 0. The number of carbonyl (C=O) groups excluding carboxylic acids is 1. The van der Waals surface area contributed by atoms with E-state index >= 15 is 0 Å². The number of benzene rings is 2. The lowest BCUT2D eigenvalue weighted by Crippen LogP contribution is -2.37. The van der Waals surface area contributed by atoms with Crippen molar-refractivity contribution in [3.05, 3.63) is 60.8 Å². The molecule has 0 spiro atoms. The fourth-order valence-electron chi connectivity index (χ4n) is 4.37. The Bertz CT molecular complexity index is 1210. The predicted octanol–water partition coefficient (Wildman–Crippen LogP) is 5.16. The zero-order valence-electron chi connectivity index (χ0n) is 17.1. The molecule has 1 aliphatic rings. The minimum atomic E-state index is -0.0638. The fourth-order valence-corrected chi connectivity index (χ4v) is 4.37. The van der Waals surface area contributed by atoms with E-state index in [1.54, 1.807) is 0 Å². The number of fused-ring (bicyclic) bond motifs is 2. The molecular formula is C25H25N3O2. The van der Waals surface area contributed by atoms with Crippen LogP contribution in [-0.4, -0.2) is 35.6 Å². The van der Waals surface area contributed by atoms with Gasteiger partial charge in [-0.05, 0) is 61.0 Å². The van der Waals surface area contributed by atoms with Gasteiger partial charge in [-0.15, -0.1) is 0 Å². The van der Waals surface area contributed by atoms with Gasteiger partial charge in [-0.1, -0.05) is 24.3 Å². The van der Waals surface area contributed by atoms with Crippen molar-refractivity contribution >= 4 is 33.6 Å². The first-order valence-corrected chi connectivity index (χ1v) is 10.6. The molecule has 2 aromatic carbocycles. The summed E-state index contributed by atoms with van der Waals surface area (Å²) in [6.07, 6.45) is 3.59. The van der Waals surface area contributed by atoms with Crippen LogP contribution in [0.4, 0.5) is 5.82 Å². The van der Waals surface area contributed by atoms with Gasteiger partial charge in [-0.25, -0.2) is 4.98 Å².